The number of halogens is 1. The number of nitrogens with zero attached hydrogens (tertiary/aromatic N) is 1. The Morgan fingerprint density at radius 3 is 2.24 bits per heavy atom. The van der Waals surface area contributed by atoms with Crippen molar-refractivity contribution in [2.45, 2.75) is 25.7 Å². The molecule has 0 aliphatic heterocycles. The molecule has 25 heavy (non-hydrogen) atoms. The predicted molar refractivity (Wildman–Crippen MR) is 103 cm³/mol. The normalized spacial score (nSPS) is 11.6. The van der Waals surface area contributed by atoms with Crippen molar-refractivity contribution in [2.75, 3.05) is 18.4 Å². The molecule has 0 saturated carbocycles. The first-order chi connectivity index (χ1) is 11.7. The van der Waals surface area contributed by atoms with Crippen molar-refractivity contribution in [1.29, 1.82) is 0 Å². The molecule has 134 valence electrons. The van der Waals surface area contributed by atoms with Crippen molar-refractivity contribution < 1.29 is 13.2 Å². The van der Waals surface area contributed by atoms with Crippen LogP contribution in [0.1, 0.15) is 18.1 Å². The Morgan fingerprint density at radius 1 is 1.08 bits per heavy atom. The molecule has 1 amide bonds. The zero-order valence-corrected chi connectivity index (χ0v) is 16.8. The molecule has 0 aliphatic rings. The van der Waals surface area contributed by atoms with Gasteiger partial charge in [0.1, 0.15) is 0 Å². The predicted octanol–water partition coefficient (Wildman–Crippen LogP) is 3.72. The summed E-state index contributed by atoms with van der Waals surface area (Å²) in [7, 11) is -3.71. The molecule has 2 aromatic rings. The van der Waals surface area contributed by atoms with E-state index >= 15 is 0 Å². The topological polar surface area (TPSA) is 66.5 Å². The summed E-state index contributed by atoms with van der Waals surface area (Å²) in [6.07, 6.45) is 0. The van der Waals surface area contributed by atoms with E-state index in [0.29, 0.717) is 5.69 Å². The van der Waals surface area contributed by atoms with Crippen molar-refractivity contribution in [1.82, 2.24) is 4.31 Å². The molecule has 5 nitrogen and oxygen atoms in total. The van der Waals surface area contributed by atoms with Gasteiger partial charge in [0.05, 0.1) is 17.1 Å². The van der Waals surface area contributed by atoms with Gasteiger partial charge in [-0.2, -0.15) is 4.31 Å². The van der Waals surface area contributed by atoms with Crippen LogP contribution in [0, 0.1) is 13.8 Å². The van der Waals surface area contributed by atoms with Crippen LogP contribution in [0.4, 0.5) is 5.69 Å². The SMILES string of the molecule is CCN(CC(=O)Nc1ccc(C)cc1Br)S(=O)(=O)c1ccc(C)cc1. The van der Waals surface area contributed by atoms with Gasteiger partial charge in [-0.05, 0) is 59.6 Å². The van der Waals surface area contributed by atoms with E-state index in [-0.39, 0.29) is 23.9 Å². The monoisotopic (exact) mass is 424 g/mol. The molecule has 1 N–H and O–H groups in total. The molecule has 2 rings (SSSR count). The van der Waals surface area contributed by atoms with Gasteiger partial charge in [0.2, 0.25) is 15.9 Å². The van der Waals surface area contributed by atoms with Crippen LogP contribution < -0.4 is 5.32 Å². The highest BCUT2D eigenvalue weighted by molar-refractivity contribution is 9.10. The second-order valence-electron chi connectivity index (χ2n) is 5.78. The smallest absolute Gasteiger partial charge is 0.243 e. The highest BCUT2D eigenvalue weighted by Crippen LogP contribution is 2.23. The zero-order chi connectivity index (χ0) is 18.6. The fourth-order valence-corrected chi connectivity index (χ4v) is 4.30. The van der Waals surface area contributed by atoms with Gasteiger partial charge in [-0.25, -0.2) is 8.42 Å². The number of anilines is 1. The lowest BCUT2D eigenvalue weighted by Gasteiger charge is -2.20. The number of benzene rings is 2. The molecule has 0 bridgehead atoms. The average molecular weight is 425 g/mol. The molecule has 0 unspecified atom stereocenters. The van der Waals surface area contributed by atoms with Crippen molar-refractivity contribution >= 4 is 37.5 Å². The lowest BCUT2D eigenvalue weighted by Crippen LogP contribution is -2.37. The Balaban J connectivity index is 2.15. The van der Waals surface area contributed by atoms with Crippen LogP contribution in [-0.4, -0.2) is 31.7 Å². The minimum absolute atomic E-state index is 0.185. The van der Waals surface area contributed by atoms with Crippen molar-refractivity contribution in [3.8, 4) is 0 Å². The number of aryl methyl sites for hydroxylation is 2. The molecular weight excluding hydrogens is 404 g/mol. The standard InChI is InChI=1S/C18H21BrN2O3S/c1-4-21(25(23,24)15-8-5-13(2)6-9-15)12-18(22)20-17-10-7-14(3)11-16(17)19/h5-11H,4,12H2,1-3H3,(H,20,22). The molecule has 0 spiro atoms. The van der Waals surface area contributed by atoms with Gasteiger partial charge >= 0.3 is 0 Å². The third kappa shape index (κ3) is 4.90. The molecule has 7 heteroatoms. The molecule has 0 radical (unpaired) electrons. The fraction of sp³-hybridized carbons (Fsp3) is 0.278. The maximum Gasteiger partial charge on any atom is 0.243 e. The minimum atomic E-state index is -3.71. The second-order valence-corrected chi connectivity index (χ2v) is 8.57. The first-order valence-electron chi connectivity index (χ1n) is 7.87. The van der Waals surface area contributed by atoms with E-state index < -0.39 is 10.0 Å². The van der Waals surface area contributed by atoms with Gasteiger partial charge in [-0.3, -0.25) is 4.79 Å². The molecule has 0 saturated heterocycles. The molecule has 0 fully saturated rings. The van der Waals surface area contributed by atoms with Crippen molar-refractivity contribution in [2.24, 2.45) is 0 Å². The Bertz CT molecular complexity index is 864. The lowest BCUT2D eigenvalue weighted by molar-refractivity contribution is -0.116. The summed E-state index contributed by atoms with van der Waals surface area (Å²) in [6, 6.07) is 12.1. The maximum absolute atomic E-state index is 12.7. The first-order valence-corrected chi connectivity index (χ1v) is 10.1. The Labute approximate surface area is 157 Å². The number of rotatable bonds is 6. The quantitative estimate of drug-likeness (QED) is 0.767. The van der Waals surface area contributed by atoms with Crippen LogP contribution in [-0.2, 0) is 14.8 Å². The largest absolute Gasteiger partial charge is 0.324 e. The molecule has 0 heterocycles. The van der Waals surface area contributed by atoms with Crippen LogP contribution in [0.3, 0.4) is 0 Å². The lowest BCUT2D eigenvalue weighted by atomic mass is 10.2. The summed E-state index contributed by atoms with van der Waals surface area (Å²) < 4.78 is 27.3. The number of carbonyl (C=O) groups excluding carboxylic acids is 1. The number of hydrogen-bond donors (Lipinski definition) is 1. The number of nitrogens with one attached hydrogen (secondary N) is 1. The van der Waals surface area contributed by atoms with E-state index in [9.17, 15) is 13.2 Å². The summed E-state index contributed by atoms with van der Waals surface area (Å²) in [6.45, 7) is 5.51. The molecule has 2 aromatic carbocycles. The summed E-state index contributed by atoms with van der Waals surface area (Å²) >= 11 is 3.40. The van der Waals surface area contributed by atoms with Gasteiger partial charge in [-0.15, -0.1) is 0 Å². The number of amides is 1. The van der Waals surface area contributed by atoms with Gasteiger partial charge in [0.15, 0.2) is 0 Å². The van der Waals surface area contributed by atoms with Crippen LogP contribution in [0.15, 0.2) is 51.8 Å². The van der Waals surface area contributed by atoms with Crippen molar-refractivity contribution in [3.63, 3.8) is 0 Å². The van der Waals surface area contributed by atoms with Gasteiger partial charge in [0, 0.05) is 11.0 Å². The number of likely N-dealkylation sites (N-methyl/N-ethyl adjacent to an activating group) is 1. The van der Waals surface area contributed by atoms with E-state index in [1.807, 2.05) is 26.0 Å². The highest BCUT2D eigenvalue weighted by atomic mass is 79.9. The van der Waals surface area contributed by atoms with Gasteiger partial charge in [0.25, 0.3) is 0 Å². The van der Waals surface area contributed by atoms with Crippen LogP contribution in [0.5, 0.6) is 0 Å². The summed E-state index contributed by atoms with van der Waals surface area (Å²) in [4.78, 5) is 12.5. The number of sulfonamides is 1. The Kier molecular flexibility index (Phi) is 6.37. The molecule has 0 aliphatic carbocycles. The van der Waals surface area contributed by atoms with Crippen molar-refractivity contribution in [3.05, 3.63) is 58.1 Å². The average Bonchev–Trinajstić information content (AvgIpc) is 2.55. The first kappa shape index (κ1) is 19.6. The van der Waals surface area contributed by atoms with E-state index in [0.717, 1.165) is 19.9 Å². The molecular formula is C18H21BrN2O3S. The Hall–Kier alpha value is -1.70. The minimum Gasteiger partial charge on any atom is -0.324 e. The van der Waals surface area contributed by atoms with E-state index in [1.165, 1.54) is 0 Å². The number of carbonyl (C=O) groups is 1. The summed E-state index contributed by atoms with van der Waals surface area (Å²) in [5.41, 5.74) is 2.64. The molecule has 0 atom stereocenters. The van der Waals surface area contributed by atoms with Gasteiger partial charge < -0.3 is 5.32 Å². The van der Waals surface area contributed by atoms with Crippen LogP contribution in [0.2, 0.25) is 0 Å². The third-order valence-corrected chi connectivity index (χ3v) is 6.32. The summed E-state index contributed by atoms with van der Waals surface area (Å²) in [5.74, 6) is -0.387. The van der Waals surface area contributed by atoms with E-state index in [1.54, 1.807) is 37.3 Å². The zero-order valence-electron chi connectivity index (χ0n) is 14.4. The Morgan fingerprint density at radius 2 is 1.68 bits per heavy atom. The summed E-state index contributed by atoms with van der Waals surface area (Å²) in [5, 5.41) is 2.74. The third-order valence-electron chi connectivity index (χ3n) is 3.73. The van der Waals surface area contributed by atoms with Crippen LogP contribution >= 0.6 is 15.9 Å². The molecule has 0 aromatic heterocycles. The van der Waals surface area contributed by atoms with Gasteiger partial charge in [-0.1, -0.05) is 30.7 Å². The fourth-order valence-electron chi connectivity index (χ4n) is 2.30. The van der Waals surface area contributed by atoms with E-state index in [2.05, 4.69) is 21.2 Å². The van der Waals surface area contributed by atoms with Crippen LogP contribution in [0.25, 0.3) is 0 Å². The van der Waals surface area contributed by atoms with E-state index in [4.69, 9.17) is 0 Å². The number of hydrogen-bond acceptors (Lipinski definition) is 3. The maximum atomic E-state index is 12.7. The second kappa shape index (κ2) is 8.12. The highest BCUT2D eigenvalue weighted by Gasteiger charge is 2.25.